The number of rotatable bonds is 2. The van der Waals surface area contributed by atoms with Crippen LogP contribution in [0.5, 0.6) is 0 Å². The molecule has 13 heavy (non-hydrogen) atoms. The maximum absolute atomic E-state index is 10.6. The summed E-state index contributed by atoms with van der Waals surface area (Å²) >= 11 is 0. The third kappa shape index (κ3) is 1.57. The highest BCUT2D eigenvalue weighted by Crippen LogP contribution is 2.47. The van der Waals surface area contributed by atoms with Crippen molar-refractivity contribution in [2.75, 3.05) is 0 Å². The Morgan fingerprint density at radius 2 is 2.00 bits per heavy atom. The molecule has 1 aliphatic carbocycles. The highest BCUT2D eigenvalue weighted by Gasteiger charge is 2.43. The van der Waals surface area contributed by atoms with E-state index in [9.17, 15) is 4.79 Å². The van der Waals surface area contributed by atoms with E-state index in [2.05, 4.69) is 0 Å². The Balaban J connectivity index is 2.12. The Morgan fingerprint density at radius 1 is 1.38 bits per heavy atom. The molecular weight excluding hydrogens is 164 g/mol. The van der Waals surface area contributed by atoms with Gasteiger partial charge < -0.3 is 5.11 Å². The first-order valence-corrected chi connectivity index (χ1v) is 4.48. The average molecular weight is 176 g/mol. The van der Waals surface area contributed by atoms with E-state index in [-0.39, 0.29) is 11.8 Å². The number of aliphatic carboxylic acids is 1. The first kappa shape index (κ1) is 8.30. The molecule has 1 saturated carbocycles. The summed E-state index contributed by atoms with van der Waals surface area (Å²) in [5.41, 5.74) is 2.38. The van der Waals surface area contributed by atoms with Gasteiger partial charge in [-0.05, 0) is 24.8 Å². The van der Waals surface area contributed by atoms with Gasteiger partial charge in [-0.1, -0.05) is 29.8 Å². The molecule has 0 radical (unpaired) electrons. The molecule has 1 aliphatic rings. The summed E-state index contributed by atoms with van der Waals surface area (Å²) in [5, 5.41) is 8.74. The Hall–Kier alpha value is -1.31. The Kier molecular flexibility index (Phi) is 1.83. The Bertz CT molecular complexity index is 326. The van der Waals surface area contributed by atoms with Crippen LogP contribution in [0.1, 0.15) is 23.5 Å². The normalized spacial score (nSPS) is 25.6. The van der Waals surface area contributed by atoms with Gasteiger partial charge >= 0.3 is 5.97 Å². The third-order valence-electron chi connectivity index (χ3n) is 2.61. The van der Waals surface area contributed by atoms with E-state index in [0.29, 0.717) is 0 Å². The van der Waals surface area contributed by atoms with Gasteiger partial charge in [0.2, 0.25) is 0 Å². The minimum atomic E-state index is -0.662. The fourth-order valence-electron chi connectivity index (χ4n) is 1.65. The van der Waals surface area contributed by atoms with E-state index in [4.69, 9.17) is 5.11 Å². The number of carboxylic acid groups (broad SMARTS) is 1. The highest BCUT2D eigenvalue weighted by atomic mass is 16.4. The van der Waals surface area contributed by atoms with Gasteiger partial charge in [-0.3, -0.25) is 4.79 Å². The molecule has 0 aromatic heterocycles. The summed E-state index contributed by atoms with van der Waals surface area (Å²) in [6.45, 7) is 2.03. The molecule has 2 atom stereocenters. The van der Waals surface area contributed by atoms with Crippen molar-refractivity contribution in [1.29, 1.82) is 0 Å². The van der Waals surface area contributed by atoms with Crippen molar-refractivity contribution in [3.05, 3.63) is 35.4 Å². The largest absolute Gasteiger partial charge is 0.481 e. The molecule has 0 amide bonds. The van der Waals surface area contributed by atoms with E-state index >= 15 is 0 Å². The predicted molar refractivity (Wildman–Crippen MR) is 49.7 cm³/mol. The molecule has 0 unspecified atom stereocenters. The number of hydrogen-bond acceptors (Lipinski definition) is 1. The summed E-state index contributed by atoms with van der Waals surface area (Å²) in [5.74, 6) is -0.536. The van der Waals surface area contributed by atoms with Crippen LogP contribution in [-0.2, 0) is 4.79 Å². The van der Waals surface area contributed by atoms with E-state index in [1.54, 1.807) is 0 Å². The van der Waals surface area contributed by atoms with Crippen molar-refractivity contribution >= 4 is 5.97 Å². The van der Waals surface area contributed by atoms with Crippen LogP contribution in [0.15, 0.2) is 24.3 Å². The van der Waals surface area contributed by atoms with Crippen molar-refractivity contribution < 1.29 is 9.90 Å². The van der Waals surface area contributed by atoms with Crippen molar-refractivity contribution in [3.8, 4) is 0 Å². The number of carboxylic acids is 1. The topological polar surface area (TPSA) is 37.3 Å². The molecule has 68 valence electrons. The number of carbonyl (C=O) groups is 1. The summed E-state index contributed by atoms with van der Waals surface area (Å²) in [6, 6.07) is 8.13. The average Bonchev–Trinajstić information content (AvgIpc) is 2.85. The molecule has 0 heterocycles. The summed E-state index contributed by atoms with van der Waals surface area (Å²) < 4.78 is 0. The Labute approximate surface area is 77.2 Å². The zero-order valence-corrected chi connectivity index (χ0v) is 7.53. The number of hydrogen-bond donors (Lipinski definition) is 1. The van der Waals surface area contributed by atoms with Crippen molar-refractivity contribution in [2.45, 2.75) is 19.3 Å². The second-order valence-corrected chi connectivity index (χ2v) is 3.70. The second-order valence-electron chi connectivity index (χ2n) is 3.70. The first-order chi connectivity index (χ1) is 6.18. The van der Waals surface area contributed by atoms with Gasteiger partial charge in [-0.15, -0.1) is 0 Å². The quantitative estimate of drug-likeness (QED) is 0.749. The summed E-state index contributed by atoms with van der Waals surface area (Å²) in [7, 11) is 0. The molecule has 0 bridgehead atoms. The molecular formula is C11H12O2. The van der Waals surface area contributed by atoms with Crippen molar-refractivity contribution in [2.24, 2.45) is 5.92 Å². The van der Waals surface area contributed by atoms with Gasteiger partial charge in [0.1, 0.15) is 0 Å². The third-order valence-corrected chi connectivity index (χ3v) is 2.61. The summed E-state index contributed by atoms with van der Waals surface area (Å²) in [4.78, 5) is 10.6. The lowest BCUT2D eigenvalue weighted by Gasteiger charge is -1.98. The highest BCUT2D eigenvalue weighted by molar-refractivity contribution is 5.75. The van der Waals surface area contributed by atoms with Gasteiger partial charge in [0, 0.05) is 0 Å². The zero-order chi connectivity index (χ0) is 9.42. The SMILES string of the molecule is Cc1ccc([C@H]2C[C@H]2C(=O)O)cc1. The lowest BCUT2D eigenvalue weighted by atomic mass is 10.1. The van der Waals surface area contributed by atoms with E-state index in [0.717, 1.165) is 12.0 Å². The van der Waals surface area contributed by atoms with Crippen molar-refractivity contribution in [1.82, 2.24) is 0 Å². The van der Waals surface area contributed by atoms with E-state index < -0.39 is 5.97 Å². The molecule has 0 spiro atoms. The first-order valence-electron chi connectivity index (χ1n) is 4.48. The molecule has 1 fully saturated rings. The van der Waals surface area contributed by atoms with Crippen LogP contribution in [-0.4, -0.2) is 11.1 Å². The fourth-order valence-corrected chi connectivity index (χ4v) is 1.65. The number of benzene rings is 1. The van der Waals surface area contributed by atoms with Crippen LogP contribution in [0, 0.1) is 12.8 Å². The summed E-state index contributed by atoms with van der Waals surface area (Å²) in [6.07, 6.45) is 0.804. The monoisotopic (exact) mass is 176 g/mol. The standard InChI is InChI=1S/C11H12O2/c1-7-2-4-8(5-3-7)9-6-10(9)11(12)13/h2-5,9-10H,6H2,1H3,(H,12,13)/t9-,10-/m1/s1. The van der Waals surface area contributed by atoms with Crippen LogP contribution >= 0.6 is 0 Å². The maximum atomic E-state index is 10.6. The van der Waals surface area contributed by atoms with Crippen molar-refractivity contribution in [3.63, 3.8) is 0 Å². The van der Waals surface area contributed by atoms with Crippen LogP contribution in [0.2, 0.25) is 0 Å². The van der Waals surface area contributed by atoms with Crippen LogP contribution in [0.25, 0.3) is 0 Å². The van der Waals surface area contributed by atoms with Crippen LogP contribution < -0.4 is 0 Å². The van der Waals surface area contributed by atoms with Gasteiger partial charge in [0.25, 0.3) is 0 Å². The second kappa shape index (κ2) is 2.87. The van der Waals surface area contributed by atoms with E-state index in [1.165, 1.54) is 5.56 Å². The zero-order valence-electron chi connectivity index (χ0n) is 7.53. The predicted octanol–water partition coefficient (Wildman–Crippen LogP) is 2.18. The molecule has 2 nitrogen and oxygen atoms in total. The van der Waals surface area contributed by atoms with Crippen LogP contribution in [0.3, 0.4) is 0 Å². The molecule has 0 aliphatic heterocycles. The molecule has 1 aromatic rings. The number of aryl methyl sites for hydroxylation is 1. The minimum absolute atomic E-state index is 0.136. The molecule has 0 saturated heterocycles. The lowest BCUT2D eigenvalue weighted by Crippen LogP contribution is -1.98. The van der Waals surface area contributed by atoms with Gasteiger partial charge in [-0.2, -0.15) is 0 Å². The smallest absolute Gasteiger partial charge is 0.307 e. The maximum Gasteiger partial charge on any atom is 0.307 e. The van der Waals surface area contributed by atoms with Gasteiger partial charge in [0.15, 0.2) is 0 Å². The Morgan fingerprint density at radius 3 is 2.46 bits per heavy atom. The molecule has 2 rings (SSSR count). The van der Waals surface area contributed by atoms with Gasteiger partial charge in [0.05, 0.1) is 5.92 Å². The lowest BCUT2D eigenvalue weighted by molar-refractivity contribution is -0.138. The molecule has 1 N–H and O–H groups in total. The van der Waals surface area contributed by atoms with Gasteiger partial charge in [-0.25, -0.2) is 0 Å². The van der Waals surface area contributed by atoms with Crippen LogP contribution in [0.4, 0.5) is 0 Å². The van der Waals surface area contributed by atoms with E-state index in [1.807, 2.05) is 31.2 Å². The fraction of sp³-hybridized carbons (Fsp3) is 0.364. The molecule has 2 heteroatoms. The minimum Gasteiger partial charge on any atom is -0.481 e. The molecule has 1 aromatic carbocycles.